The first-order chi connectivity index (χ1) is 7.33. The summed E-state index contributed by atoms with van der Waals surface area (Å²) in [6.07, 6.45) is 7.67. The van der Waals surface area contributed by atoms with Crippen LogP contribution in [-0.2, 0) is 9.47 Å². The molecule has 0 saturated heterocycles. The largest absolute Gasteiger partial charge is 0.385 e. The van der Waals surface area contributed by atoms with E-state index in [0.29, 0.717) is 5.41 Å². The van der Waals surface area contributed by atoms with Gasteiger partial charge in [0.25, 0.3) is 0 Å². The summed E-state index contributed by atoms with van der Waals surface area (Å²) in [6.45, 7) is 2.51. The Morgan fingerprint density at radius 2 is 1.87 bits per heavy atom. The van der Waals surface area contributed by atoms with Crippen LogP contribution in [0.15, 0.2) is 0 Å². The fourth-order valence-corrected chi connectivity index (χ4v) is 2.65. The first kappa shape index (κ1) is 13.3. The van der Waals surface area contributed by atoms with Crippen molar-refractivity contribution in [2.45, 2.75) is 38.5 Å². The van der Waals surface area contributed by atoms with Crippen LogP contribution in [0.4, 0.5) is 0 Å². The van der Waals surface area contributed by atoms with Crippen molar-refractivity contribution in [2.75, 3.05) is 32.7 Å². The Morgan fingerprint density at radius 1 is 1.13 bits per heavy atom. The molecule has 1 rings (SSSR count). The van der Waals surface area contributed by atoms with E-state index in [1.54, 1.807) is 7.11 Å². The zero-order valence-corrected chi connectivity index (χ0v) is 10.7. The lowest BCUT2D eigenvalue weighted by Crippen LogP contribution is -2.31. The van der Waals surface area contributed by atoms with Crippen molar-refractivity contribution >= 4 is 12.6 Å². The van der Waals surface area contributed by atoms with E-state index in [1.807, 2.05) is 0 Å². The van der Waals surface area contributed by atoms with E-state index in [0.717, 1.165) is 32.0 Å². The Kier molecular flexibility index (Phi) is 6.69. The predicted octanol–water partition coefficient (Wildman–Crippen LogP) is 2.92. The highest BCUT2D eigenvalue weighted by molar-refractivity contribution is 7.80. The third-order valence-corrected chi connectivity index (χ3v) is 3.97. The Hall–Kier alpha value is 0.270. The van der Waals surface area contributed by atoms with Crippen LogP contribution in [0, 0.1) is 5.41 Å². The summed E-state index contributed by atoms with van der Waals surface area (Å²) in [5.74, 6) is 0.970. The van der Waals surface area contributed by atoms with E-state index >= 15 is 0 Å². The van der Waals surface area contributed by atoms with Gasteiger partial charge >= 0.3 is 0 Å². The molecule has 0 N–H and O–H groups in total. The average Bonchev–Trinajstić information content (AvgIpc) is 2.30. The van der Waals surface area contributed by atoms with Gasteiger partial charge < -0.3 is 9.47 Å². The third kappa shape index (κ3) is 4.75. The minimum absolute atomic E-state index is 0.369. The summed E-state index contributed by atoms with van der Waals surface area (Å²) < 4.78 is 10.7. The van der Waals surface area contributed by atoms with Crippen molar-refractivity contribution in [2.24, 2.45) is 5.41 Å². The molecule has 0 amide bonds. The molecular weight excluding hydrogens is 208 g/mol. The minimum atomic E-state index is 0.369. The van der Waals surface area contributed by atoms with Crippen molar-refractivity contribution in [1.82, 2.24) is 0 Å². The summed E-state index contributed by atoms with van der Waals surface area (Å²) in [4.78, 5) is 0. The smallest absolute Gasteiger partial charge is 0.0530 e. The van der Waals surface area contributed by atoms with Gasteiger partial charge in [-0.2, -0.15) is 12.6 Å². The van der Waals surface area contributed by atoms with Crippen molar-refractivity contribution in [1.29, 1.82) is 0 Å². The maximum atomic E-state index is 5.74. The van der Waals surface area contributed by atoms with Crippen molar-refractivity contribution in [3.05, 3.63) is 0 Å². The Morgan fingerprint density at radius 3 is 2.47 bits per heavy atom. The van der Waals surface area contributed by atoms with Gasteiger partial charge in [0.05, 0.1) is 6.61 Å². The van der Waals surface area contributed by atoms with Gasteiger partial charge in [-0.05, 0) is 25.0 Å². The molecule has 0 aromatic heterocycles. The molecular formula is C12H24O2S. The molecule has 0 spiro atoms. The highest BCUT2D eigenvalue weighted by atomic mass is 32.1. The number of ether oxygens (including phenoxy) is 2. The second-order valence-electron chi connectivity index (χ2n) is 4.62. The molecule has 0 unspecified atom stereocenters. The molecule has 0 aliphatic heterocycles. The summed E-state index contributed by atoms with van der Waals surface area (Å²) >= 11 is 4.49. The van der Waals surface area contributed by atoms with Gasteiger partial charge in [-0.3, -0.25) is 0 Å². The molecule has 0 heterocycles. The summed E-state index contributed by atoms with van der Waals surface area (Å²) in [5, 5.41) is 0. The third-order valence-electron chi connectivity index (χ3n) is 3.30. The number of hydrogen-bond donors (Lipinski definition) is 1. The monoisotopic (exact) mass is 232 g/mol. The quantitative estimate of drug-likeness (QED) is 0.537. The van der Waals surface area contributed by atoms with Crippen LogP contribution < -0.4 is 0 Å². The van der Waals surface area contributed by atoms with E-state index in [4.69, 9.17) is 9.47 Å². The van der Waals surface area contributed by atoms with Gasteiger partial charge in [0.2, 0.25) is 0 Å². The Balaban J connectivity index is 2.15. The summed E-state index contributed by atoms with van der Waals surface area (Å²) in [7, 11) is 1.73. The van der Waals surface area contributed by atoms with Crippen LogP contribution in [-0.4, -0.2) is 32.7 Å². The van der Waals surface area contributed by atoms with Crippen LogP contribution in [0.5, 0.6) is 0 Å². The van der Waals surface area contributed by atoms with E-state index in [2.05, 4.69) is 12.6 Å². The number of rotatable bonds is 7. The fourth-order valence-electron chi connectivity index (χ4n) is 2.24. The number of methoxy groups -OCH3 is 1. The number of hydrogen-bond acceptors (Lipinski definition) is 3. The number of thiol groups is 1. The normalized spacial score (nSPS) is 20.4. The Labute approximate surface area is 99.1 Å². The van der Waals surface area contributed by atoms with Crippen molar-refractivity contribution in [3.8, 4) is 0 Å². The first-order valence-corrected chi connectivity index (χ1v) is 6.64. The highest BCUT2D eigenvalue weighted by Crippen LogP contribution is 2.37. The maximum absolute atomic E-state index is 5.74. The van der Waals surface area contributed by atoms with Gasteiger partial charge in [-0.15, -0.1) is 0 Å². The predicted molar refractivity (Wildman–Crippen MR) is 66.7 cm³/mol. The van der Waals surface area contributed by atoms with Gasteiger partial charge in [0.15, 0.2) is 0 Å². The van der Waals surface area contributed by atoms with E-state index in [-0.39, 0.29) is 0 Å². The molecule has 3 heteroatoms. The van der Waals surface area contributed by atoms with Crippen molar-refractivity contribution < 1.29 is 9.47 Å². The molecule has 1 fully saturated rings. The van der Waals surface area contributed by atoms with Gasteiger partial charge in [-0.1, -0.05) is 19.3 Å². The first-order valence-electron chi connectivity index (χ1n) is 6.00. The summed E-state index contributed by atoms with van der Waals surface area (Å²) in [6, 6.07) is 0. The van der Waals surface area contributed by atoms with Gasteiger partial charge in [0.1, 0.15) is 0 Å². The van der Waals surface area contributed by atoms with Gasteiger partial charge in [-0.25, -0.2) is 0 Å². The van der Waals surface area contributed by atoms with E-state index < -0.39 is 0 Å². The zero-order chi connectivity index (χ0) is 11.0. The molecule has 90 valence electrons. The molecule has 0 bridgehead atoms. The molecule has 1 aliphatic rings. The molecule has 1 aliphatic carbocycles. The van der Waals surface area contributed by atoms with Crippen molar-refractivity contribution in [3.63, 3.8) is 0 Å². The lowest BCUT2D eigenvalue weighted by Gasteiger charge is -2.35. The maximum Gasteiger partial charge on any atom is 0.0530 e. The molecule has 15 heavy (non-hydrogen) atoms. The molecule has 0 radical (unpaired) electrons. The molecule has 2 nitrogen and oxygen atoms in total. The van der Waals surface area contributed by atoms with Crippen LogP contribution >= 0.6 is 12.6 Å². The summed E-state index contributed by atoms with van der Waals surface area (Å²) in [5.41, 5.74) is 0.369. The molecule has 0 atom stereocenters. The topological polar surface area (TPSA) is 18.5 Å². The average molecular weight is 232 g/mol. The SMILES string of the molecule is COCCCOCC1(CS)CCCCC1. The van der Waals surface area contributed by atoms with Crippen LogP contribution in [0.25, 0.3) is 0 Å². The van der Waals surface area contributed by atoms with Crippen LogP contribution in [0.1, 0.15) is 38.5 Å². The lowest BCUT2D eigenvalue weighted by atomic mass is 9.76. The Bertz CT molecular complexity index is 156. The zero-order valence-electron chi connectivity index (χ0n) is 9.83. The van der Waals surface area contributed by atoms with E-state index in [9.17, 15) is 0 Å². The molecule has 1 saturated carbocycles. The molecule has 0 aromatic rings. The molecule has 0 aromatic carbocycles. The van der Waals surface area contributed by atoms with E-state index in [1.165, 1.54) is 32.1 Å². The minimum Gasteiger partial charge on any atom is -0.385 e. The standard InChI is InChI=1S/C12H24O2S/c1-13-8-5-9-14-10-12(11-15)6-3-2-4-7-12/h15H,2-11H2,1H3. The lowest BCUT2D eigenvalue weighted by molar-refractivity contribution is 0.0256. The second-order valence-corrected chi connectivity index (χ2v) is 4.93. The van der Waals surface area contributed by atoms with Gasteiger partial charge in [0, 0.05) is 25.7 Å². The fraction of sp³-hybridized carbons (Fsp3) is 1.00. The second kappa shape index (κ2) is 7.53. The highest BCUT2D eigenvalue weighted by Gasteiger charge is 2.30. The van der Waals surface area contributed by atoms with Crippen LogP contribution in [0.3, 0.4) is 0 Å². The van der Waals surface area contributed by atoms with Crippen LogP contribution in [0.2, 0.25) is 0 Å².